The first-order valence-electron chi connectivity index (χ1n) is 4.96. The van der Waals surface area contributed by atoms with Crippen molar-refractivity contribution in [2.75, 3.05) is 5.32 Å². The molecule has 0 aliphatic heterocycles. The molecule has 0 bridgehead atoms. The Morgan fingerprint density at radius 1 is 1.25 bits per heavy atom. The van der Waals surface area contributed by atoms with Crippen LogP contribution in [0, 0.1) is 13.8 Å². The van der Waals surface area contributed by atoms with Gasteiger partial charge in [0.2, 0.25) is 0 Å². The summed E-state index contributed by atoms with van der Waals surface area (Å²) in [5.74, 6) is 1.24. The number of nitrogens with zero attached hydrogens (tertiary/aromatic N) is 1. The molecule has 0 aliphatic carbocycles. The van der Waals surface area contributed by atoms with Gasteiger partial charge in [0.15, 0.2) is 5.76 Å². The van der Waals surface area contributed by atoms with Gasteiger partial charge in [0, 0.05) is 5.69 Å². The van der Waals surface area contributed by atoms with Crippen molar-refractivity contribution in [3.63, 3.8) is 0 Å². The fraction of sp³-hybridized carbons (Fsp3) is 0.167. The maximum Gasteiger partial charge on any atom is 0.292 e. The zero-order valence-electron chi connectivity index (χ0n) is 9.15. The van der Waals surface area contributed by atoms with E-state index in [2.05, 4.69) is 10.3 Å². The van der Waals surface area contributed by atoms with E-state index >= 15 is 0 Å². The lowest BCUT2D eigenvalue weighted by Gasteiger charge is -2.02. The first-order chi connectivity index (χ1) is 7.65. The van der Waals surface area contributed by atoms with Crippen molar-refractivity contribution >= 4 is 11.7 Å². The van der Waals surface area contributed by atoms with Crippen LogP contribution in [0.25, 0.3) is 0 Å². The van der Waals surface area contributed by atoms with Crippen LogP contribution in [0.2, 0.25) is 0 Å². The molecule has 4 heteroatoms. The van der Waals surface area contributed by atoms with E-state index in [0.717, 1.165) is 5.69 Å². The molecule has 0 spiro atoms. The Bertz CT molecular complexity index is 517. The van der Waals surface area contributed by atoms with Crippen LogP contribution in [-0.4, -0.2) is 10.9 Å². The highest BCUT2D eigenvalue weighted by atomic mass is 16.3. The van der Waals surface area contributed by atoms with Crippen LogP contribution in [0.5, 0.6) is 0 Å². The van der Waals surface area contributed by atoms with E-state index in [-0.39, 0.29) is 5.91 Å². The molecule has 1 N–H and O–H groups in total. The van der Waals surface area contributed by atoms with Crippen LogP contribution in [-0.2, 0) is 0 Å². The van der Waals surface area contributed by atoms with Crippen molar-refractivity contribution in [1.82, 2.24) is 4.98 Å². The zero-order chi connectivity index (χ0) is 11.5. The molecule has 2 heterocycles. The highest BCUT2D eigenvalue weighted by Crippen LogP contribution is 2.10. The van der Waals surface area contributed by atoms with Crippen LogP contribution in [0.15, 0.2) is 34.7 Å². The van der Waals surface area contributed by atoms with Gasteiger partial charge in [-0.05, 0) is 38.1 Å². The van der Waals surface area contributed by atoms with Crippen molar-refractivity contribution in [2.24, 2.45) is 0 Å². The van der Waals surface area contributed by atoms with Gasteiger partial charge in [0.25, 0.3) is 5.91 Å². The minimum absolute atomic E-state index is 0.286. The van der Waals surface area contributed by atoms with Gasteiger partial charge in [-0.1, -0.05) is 6.07 Å². The highest BCUT2D eigenvalue weighted by Gasteiger charge is 2.10. The number of carbonyl (C=O) groups is 1. The SMILES string of the molecule is Cc1cccc(NC(=O)c2ccc(C)o2)n1. The number of pyridine rings is 1. The smallest absolute Gasteiger partial charge is 0.292 e. The standard InChI is InChI=1S/C12H12N2O2/c1-8-4-3-5-11(13-8)14-12(15)10-7-6-9(2)16-10/h3-7H,1-2H3,(H,13,14,15). The largest absolute Gasteiger partial charge is 0.456 e. The van der Waals surface area contributed by atoms with Crippen molar-refractivity contribution in [1.29, 1.82) is 0 Å². The van der Waals surface area contributed by atoms with Gasteiger partial charge in [-0.3, -0.25) is 4.79 Å². The van der Waals surface area contributed by atoms with Gasteiger partial charge in [-0.25, -0.2) is 4.98 Å². The maximum absolute atomic E-state index is 11.7. The predicted molar refractivity (Wildman–Crippen MR) is 60.4 cm³/mol. The summed E-state index contributed by atoms with van der Waals surface area (Å²) in [6, 6.07) is 8.83. The third-order valence-corrected chi connectivity index (χ3v) is 2.09. The number of carbonyl (C=O) groups excluding carboxylic acids is 1. The molecule has 0 aromatic carbocycles. The summed E-state index contributed by atoms with van der Waals surface area (Å²) in [4.78, 5) is 15.9. The molecule has 0 saturated heterocycles. The van der Waals surface area contributed by atoms with Crippen LogP contribution in [0.3, 0.4) is 0 Å². The van der Waals surface area contributed by atoms with E-state index in [1.165, 1.54) is 0 Å². The van der Waals surface area contributed by atoms with Gasteiger partial charge >= 0.3 is 0 Å². The van der Waals surface area contributed by atoms with E-state index in [9.17, 15) is 4.79 Å². The van der Waals surface area contributed by atoms with Crippen molar-refractivity contribution < 1.29 is 9.21 Å². The van der Waals surface area contributed by atoms with E-state index in [4.69, 9.17) is 4.42 Å². The Morgan fingerprint density at radius 3 is 2.69 bits per heavy atom. The number of rotatable bonds is 2. The molecule has 0 fully saturated rings. The summed E-state index contributed by atoms with van der Waals surface area (Å²) < 4.78 is 5.21. The molecule has 1 amide bonds. The minimum atomic E-state index is -0.286. The van der Waals surface area contributed by atoms with Crippen molar-refractivity contribution in [3.05, 3.63) is 47.5 Å². The molecule has 0 aliphatic rings. The average molecular weight is 216 g/mol. The minimum Gasteiger partial charge on any atom is -0.456 e. The quantitative estimate of drug-likeness (QED) is 0.839. The normalized spacial score (nSPS) is 10.1. The number of amides is 1. The average Bonchev–Trinajstić information content (AvgIpc) is 2.65. The summed E-state index contributed by atoms with van der Waals surface area (Å²) in [6.07, 6.45) is 0. The summed E-state index contributed by atoms with van der Waals surface area (Å²) in [6.45, 7) is 3.66. The maximum atomic E-state index is 11.7. The van der Waals surface area contributed by atoms with Crippen LogP contribution in [0.4, 0.5) is 5.82 Å². The van der Waals surface area contributed by atoms with Gasteiger partial charge in [-0.15, -0.1) is 0 Å². The predicted octanol–water partition coefficient (Wildman–Crippen LogP) is 2.54. The fourth-order valence-corrected chi connectivity index (χ4v) is 1.35. The molecule has 0 saturated carbocycles. The lowest BCUT2D eigenvalue weighted by atomic mass is 10.3. The van der Waals surface area contributed by atoms with Crippen LogP contribution in [0.1, 0.15) is 22.0 Å². The van der Waals surface area contributed by atoms with Gasteiger partial charge < -0.3 is 9.73 Å². The van der Waals surface area contributed by atoms with Crippen molar-refractivity contribution in [3.8, 4) is 0 Å². The molecule has 82 valence electrons. The van der Waals surface area contributed by atoms with Crippen molar-refractivity contribution in [2.45, 2.75) is 13.8 Å². The van der Waals surface area contributed by atoms with Crippen LogP contribution < -0.4 is 5.32 Å². The summed E-state index contributed by atoms with van der Waals surface area (Å²) in [7, 11) is 0. The third kappa shape index (κ3) is 2.28. The van der Waals surface area contributed by atoms with E-state index in [0.29, 0.717) is 17.3 Å². The molecular formula is C12H12N2O2. The Hall–Kier alpha value is -2.10. The number of hydrogen-bond donors (Lipinski definition) is 1. The number of anilines is 1. The van der Waals surface area contributed by atoms with Gasteiger partial charge in [0.05, 0.1) is 0 Å². The molecular weight excluding hydrogens is 204 g/mol. The molecule has 4 nitrogen and oxygen atoms in total. The second-order valence-corrected chi connectivity index (χ2v) is 3.53. The molecule has 2 aromatic rings. The molecule has 2 aromatic heterocycles. The summed E-state index contributed by atoms with van der Waals surface area (Å²) >= 11 is 0. The Labute approximate surface area is 93.3 Å². The number of furan rings is 1. The van der Waals surface area contributed by atoms with E-state index < -0.39 is 0 Å². The molecule has 0 unspecified atom stereocenters. The second-order valence-electron chi connectivity index (χ2n) is 3.53. The van der Waals surface area contributed by atoms with Gasteiger partial charge in [-0.2, -0.15) is 0 Å². The molecule has 0 atom stereocenters. The topological polar surface area (TPSA) is 55.1 Å². The summed E-state index contributed by atoms with van der Waals surface area (Å²) in [5.41, 5.74) is 0.855. The highest BCUT2D eigenvalue weighted by molar-refractivity contribution is 6.01. The lowest BCUT2D eigenvalue weighted by molar-refractivity contribution is 0.0995. The Kier molecular flexibility index (Phi) is 2.72. The second kappa shape index (κ2) is 4.18. The Morgan fingerprint density at radius 2 is 2.06 bits per heavy atom. The number of hydrogen-bond acceptors (Lipinski definition) is 3. The monoisotopic (exact) mass is 216 g/mol. The third-order valence-electron chi connectivity index (χ3n) is 2.09. The van der Waals surface area contributed by atoms with Crippen LogP contribution >= 0.6 is 0 Å². The lowest BCUT2D eigenvalue weighted by Crippen LogP contribution is -2.12. The first kappa shape index (κ1) is 10.4. The fourth-order valence-electron chi connectivity index (χ4n) is 1.35. The number of aromatic nitrogens is 1. The van der Waals surface area contributed by atoms with Gasteiger partial charge in [0.1, 0.15) is 11.6 Å². The first-order valence-corrected chi connectivity index (χ1v) is 4.96. The number of nitrogens with one attached hydrogen (secondary N) is 1. The van der Waals surface area contributed by atoms with E-state index in [1.54, 1.807) is 25.1 Å². The molecule has 2 rings (SSSR count). The summed E-state index contributed by atoms with van der Waals surface area (Å²) in [5, 5.41) is 2.67. The Balaban J connectivity index is 2.13. The molecule has 16 heavy (non-hydrogen) atoms. The zero-order valence-corrected chi connectivity index (χ0v) is 9.15. The molecule has 0 radical (unpaired) electrons. The number of aryl methyl sites for hydroxylation is 2. The van der Waals surface area contributed by atoms with E-state index in [1.807, 2.05) is 19.1 Å².